The molecule has 2 aliphatic heterocycles. The topological polar surface area (TPSA) is 93.7 Å². The van der Waals surface area contributed by atoms with Crippen molar-refractivity contribution >= 4 is 28.8 Å². The van der Waals surface area contributed by atoms with Gasteiger partial charge < -0.3 is 19.7 Å². The van der Waals surface area contributed by atoms with Gasteiger partial charge >= 0.3 is 0 Å². The van der Waals surface area contributed by atoms with Gasteiger partial charge in [0.2, 0.25) is 11.8 Å². The van der Waals surface area contributed by atoms with Crippen LogP contribution in [0.4, 0.5) is 10.1 Å². The third-order valence-corrected chi connectivity index (χ3v) is 6.55. The van der Waals surface area contributed by atoms with Crippen molar-refractivity contribution in [3.8, 4) is 11.5 Å². The Balaban J connectivity index is 1.19. The number of carbonyl (C=O) groups excluding carboxylic acids is 2. The van der Waals surface area contributed by atoms with Crippen LogP contribution in [0.5, 0.6) is 11.5 Å². The summed E-state index contributed by atoms with van der Waals surface area (Å²) in [7, 11) is 0. The molecule has 1 fully saturated rings. The van der Waals surface area contributed by atoms with Gasteiger partial charge in [-0.25, -0.2) is 4.39 Å². The van der Waals surface area contributed by atoms with E-state index in [1.807, 2.05) is 0 Å². The molecule has 0 unspecified atom stereocenters. The molecule has 0 atom stereocenters. The van der Waals surface area contributed by atoms with Crippen molar-refractivity contribution in [2.24, 2.45) is 0 Å². The van der Waals surface area contributed by atoms with Crippen molar-refractivity contribution in [1.82, 2.24) is 15.1 Å². The molecule has 0 radical (unpaired) electrons. The lowest BCUT2D eigenvalue weighted by atomic mass is 9.97. The molecule has 3 aromatic rings. The molecule has 164 valence electrons. The van der Waals surface area contributed by atoms with E-state index in [9.17, 15) is 14.0 Å². The first-order valence-corrected chi connectivity index (χ1v) is 11.0. The second-order valence-electron chi connectivity index (χ2n) is 7.54. The number of rotatable bonds is 4. The molecule has 10 heteroatoms. The maximum Gasteiger partial charge on any atom is 0.286 e. The van der Waals surface area contributed by atoms with E-state index in [1.165, 1.54) is 29.5 Å². The Labute approximate surface area is 187 Å². The van der Waals surface area contributed by atoms with Gasteiger partial charge in [-0.1, -0.05) is 17.4 Å². The van der Waals surface area contributed by atoms with Crippen molar-refractivity contribution < 1.29 is 23.5 Å². The first-order chi connectivity index (χ1) is 15.6. The molecule has 1 saturated heterocycles. The largest absolute Gasteiger partial charge is 0.454 e. The zero-order chi connectivity index (χ0) is 22.1. The van der Waals surface area contributed by atoms with Crippen LogP contribution in [0, 0.1) is 5.82 Å². The molecule has 0 aliphatic carbocycles. The van der Waals surface area contributed by atoms with Crippen LogP contribution in [0.2, 0.25) is 0 Å². The number of nitrogens with one attached hydrogen (secondary N) is 1. The lowest BCUT2D eigenvalue weighted by Crippen LogP contribution is -2.37. The minimum absolute atomic E-state index is 0.121. The fourth-order valence-corrected chi connectivity index (χ4v) is 4.69. The average Bonchev–Trinajstić information content (AvgIpc) is 3.48. The summed E-state index contributed by atoms with van der Waals surface area (Å²) in [6.07, 6.45) is 1.42. The molecular weight excluding hydrogens is 435 g/mol. The van der Waals surface area contributed by atoms with E-state index in [2.05, 4.69) is 15.5 Å². The molecule has 5 rings (SSSR count). The Morgan fingerprint density at radius 2 is 1.88 bits per heavy atom. The zero-order valence-corrected chi connectivity index (χ0v) is 17.7. The number of fused-ring (bicyclic) bond motifs is 1. The Morgan fingerprint density at radius 3 is 2.69 bits per heavy atom. The number of halogens is 1. The molecule has 0 spiro atoms. The van der Waals surface area contributed by atoms with Gasteiger partial charge in [0.25, 0.3) is 11.8 Å². The van der Waals surface area contributed by atoms with Gasteiger partial charge in [-0.05, 0) is 43.2 Å². The molecule has 2 aliphatic rings. The monoisotopic (exact) mass is 454 g/mol. The predicted molar refractivity (Wildman–Crippen MR) is 115 cm³/mol. The summed E-state index contributed by atoms with van der Waals surface area (Å²) >= 11 is 1.26. The molecule has 1 aromatic heterocycles. The van der Waals surface area contributed by atoms with Crippen LogP contribution in [0.3, 0.4) is 0 Å². The van der Waals surface area contributed by atoms with Gasteiger partial charge in [-0.15, -0.1) is 10.2 Å². The van der Waals surface area contributed by atoms with Crippen molar-refractivity contribution in [3.63, 3.8) is 0 Å². The first kappa shape index (κ1) is 20.4. The third kappa shape index (κ3) is 4.13. The maximum absolute atomic E-state index is 13.4. The number of benzene rings is 2. The van der Waals surface area contributed by atoms with E-state index < -0.39 is 5.82 Å². The lowest BCUT2D eigenvalue weighted by molar-refractivity contribution is 0.0712. The summed E-state index contributed by atoms with van der Waals surface area (Å²) in [4.78, 5) is 26.9. The Hall–Kier alpha value is -3.53. The molecular formula is C22H19FN4O4S. The van der Waals surface area contributed by atoms with Crippen LogP contribution in [0.15, 0.2) is 42.5 Å². The number of amides is 2. The highest BCUT2D eigenvalue weighted by molar-refractivity contribution is 7.13. The standard InChI is InChI=1S/C22H19FN4O4S/c23-15-3-1-2-14(10-15)22(29)27-8-6-13(7-9-27)20-25-26-21(32-20)19(28)24-16-4-5-17-18(11-16)31-12-30-17/h1-5,10-11,13H,6-9,12H2,(H,24,28). The van der Waals surface area contributed by atoms with Gasteiger partial charge in [0.15, 0.2) is 11.5 Å². The highest BCUT2D eigenvalue weighted by Crippen LogP contribution is 2.35. The van der Waals surface area contributed by atoms with Crippen molar-refractivity contribution in [2.45, 2.75) is 18.8 Å². The smallest absolute Gasteiger partial charge is 0.286 e. The van der Waals surface area contributed by atoms with E-state index in [0.717, 1.165) is 5.01 Å². The van der Waals surface area contributed by atoms with Crippen molar-refractivity contribution in [1.29, 1.82) is 0 Å². The summed E-state index contributed by atoms with van der Waals surface area (Å²) in [5.41, 5.74) is 0.932. The average molecular weight is 454 g/mol. The molecule has 32 heavy (non-hydrogen) atoms. The van der Waals surface area contributed by atoms with Crippen LogP contribution < -0.4 is 14.8 Å². The Morgan fingerprint density at radius 1 is 1.06 bits per heavy atom. The Bertz CT molecular complexity index is 1180. The molecule has 1 N–H and O–H groups in total. The van der Waals surface area contributed by atoms with Crippen molar-refractivity contribution in [2.75, 3.05) is 25.2 Å². The lowest BCUT2D eigenvalue weighted by Gasteiger charge is -2.31. The van der Waals surface area contributed by atoms with Crippen molar-refractivity contribution in [3.05, 3.63) is 63.9 Å². The van der Waals surface area contributed by atoms with E-state index in [-0.39, 0.29) is 29.5 Å². The fourth-order valence-electron chi connectivity index (χ4n) is 3.78. The SMILES string of the molecule is O=C(Nc1ccc2c(c1)OCO2)c1nnc(C2CCN(C(=O)c3cccc(F)c3)CC2)s1. The van der Waals surface area contributed by atoms with E-state index in [0.29, 0.717) is 48.7 Å². The number of likely N-dealkylation sites (tertiary alicyclic amines) is 1. The number of carbonyl (C=O) groups is 2. The molecule has 0 saturated carbocycles. The molecule has 2 amide bonds. The number of hydrogen-bond acceptors (Lipinski definition) is 7. The molecule has 0 bridgehead atoms. The molecule has 3 heterocycles. The number of anilines is 1. The molecule has 2 aromatic carbocycles. The summed E-state index contributed by atoms with van der Waals surface area (Å²) in [6.45, 7) is 1.25. The number of ether oxygens (including phenoxy) is 2. The van der Waals surface area contributed by atoms with Crippen LogP contribution in [-0.2, 0) is 0 Å². The summed E-state index contributed by atoms with van der Waals surface area (Å²) in [5.74, 6) is 0.404. The maximum atomic E-state index is 13.4. The highest BCUT2D eigenvalue weighted by Gasteiger charge is 2.28. The fraction of sp³-hybridized carbons (Fsp3) is 0.273. The second-order valence-corrected chi connectivity index (χ2v) is 8.55. The van der Waals surface area contributed by atoms with Crippen LogP contribution in [-0.4, -0.2) is 46.8 Å². The van der Waals surface area contributed by atoms with E-state index in [1.54, 1.807) is 29.2 Å². The number of hydrogen-bond donors (Lipinski definition) is 1. The normalized spacial score (nSPS) is 15.6. The highest BCUT2D eigenvalue weighted by atomic mass is 32.1. The van der Waals surface area contributed by atoms with Gasteiger partial charge in [-0.2, -0.15) is 0 Å². The third-order valence-electron chi connectivity index (χ3n) is 5.47. The Kier molecular flexibility index (Phi) is 5.44. The van der Waals surface area contributed by atoms with E-state index in [4.69, 9.17) is 9.47 Å². The number of piperidine rings is 1. The van der Waals surface area contributed by atoms with Gasteiger partial charge in [0.1, 0.15) is 10.8 Å². The van der Waals surface area contributed by atoms with Crippen LogP contribution >= 0.6 is 11.3 Å². The number of nitrogens with zero attached hydrogens (tertiary/aromatic N) is 3. The zero-order valence-electron chi connectivity index (χ0n) is 16.9. The van der Waals surface area contributed by atoms with Gasteiger partial charge in [0.05, 0.1) is 0 Å². The minimum Gasteiger partial charge on any atom is -0.454 e. The first-order valence-electron chi connectivity index (χ1n) is 10.2. The van der Waals surface area contributed by atoms with E-state index >= 15 is 0 Å². The second kappa shape index (κ2) is 8.54. The quantitative estimate of drug-likeness (QED) is 0.647. The summed E-state index contributed by atoms with van der Waals surface area (Å²) < 4.78 is 24.0. The minimum atomic E-state index is -0.425. The van der Waals surface area contributed by atoms with Crippen LogP contribution in [0.25, 0.3) is 0 Å². The predicted octanol–water partition coefficient (Wildman–Crippen LogP) is 3.68. The summed E-state index contributed by atoms with van der Waals surface area (Å²) in [6, 6.07) is 10.9. The molecule has 8 nitrogen and oxygen atoms in total. The van der Waals surface area contributed by atoms with Crippen LogP contribution in [0.1, 0.15) is 43.9 Å². The van der Waals surface area contributed by atoms with Gasteiger partial charge in [0, 0.05) is 36.3 Å². The number of aromatic nitrogens is 2. The summed E-state index contributed by atoms with van der Waals surface area (Å²) in [5, 5.41) is 12.1. The van der Waals surface area contributed by atoms with Gasteiger partial charge in [-0.3, -0.25) is 9.59 Å².